The zero-order valence-corrected chi connectivity index (χ0v) is 16.4. The van der Waals surface area contributed by atoms with Gasteiger partial charge in [0.2, 0.25) is 5.91 Å². The van der Waals surface area contributed by atoms with Crippen molar-refractivity contribution in [1.82, 2.24) is 9.80 Å². The number of fused-ring (bicyclic) bond motifs is 1. The van der Waals surface area contributed by atoms with Crippen LogP contribution < -0.4 is 4.74 Å². The summed E-state index contributed by atoms with van der Waals surface area (Å²) in [6, 6.07) is 7.91. The summed E-state index contributed by atoms with van der Waals surface area (Å²) >= 11 is 1.69. The highest BCUT2D eigenvalue weighted by molar-refractivity contribution is 7.15. The minimum Gasteiger partial charge on any atom is -0.504 e. The van der Waals surface area contributed by atoms with E-state index in [1.807, 2.05) is 25.1 Å². The van der Waals surface area contributed by atoms with Gasteiger partial charge in [0.15, 0.2) is 11.5 Å². The number of aromatic hydroxyl groups is 1. The molecule has 140 valence electrons. The molecule has 26 heavy (non-hydrogen) atoms. The van der Waals surface area contributed by atoms with E-state index >= 15 is 0 Å². The van der Waals surface area contributed by atoms with Crippen LogP contribution in [0.3, 0.4) is 0 Å². The number of hydrogen-bond acceptors (Lipinski definition) is 5. The highest BCUT2D eigenvalue weighted by Gasteiger charge is 2.23. The first-order valence-corrected chi connectivity index (χ1v) is 9.73. The molecular formula is C20H26N2O3S. The minimum atomic E-state index is 0.139. The molecule has 2 aromatic rings. The van der Waals surface area contributed by atoms with E-state index < -0.39 is 0 Å². The molecule has 0 unspecified atom stereocenters. The summed E-state index contributed by atoms with van der Waals surface area (Å²) in [7, 11) is 4.02. The van der Waals surface area contributed by atoms with E-state index in [4.69, 9.17) is 4.74 Å². The second-order valence-electron chi connectivity index (χ2n) is 6.96. The molecule has 1 aromatic carbocycles. The lowest BCUT2D eigenvalue weighted by atomic mass is 10.1. The normalized spacial score (nSPS) is 14.1. The Morgan fingerprint density at radius 2 is 2.15 bits per heavy atom. The summed E-state index contributed by atoms with van der Waals surface area (Å²) in [4.78, 5) is 18.8. The molecule has 0 aliphatic carbocycles. The molecule has 1 aliphatic rings. The van der Waals surface area contributed by atoms with Crippen LogP contribution in [0.4, 0.5) is 0 Å². The zero-order chi connectivity index (χ0) is 18.7. The lowest BCUT2D eigenvalue weighted by Crippen LogP contribution is -2.32. The predicted octanol–water partition coefficient (Wildman–Crippen LogP) is 3.49. The van der Waals surface area contributed by atoms with Gasteiger partial charge in [-0.25, -0.2) is 0 Å². The van der Waals surface area contributed by atoms with Gasteiger partial charge in [-0.3, -0.25) is 4.79 Å². The first kappa shape index (κ1) is 18.7. The fraction of sp³-hybridized carbons (Fsp3) is 0.450. The second kappa shape index (κ2) is 8.10. The summed E-state index contributed by atoms with van der Waals surface area (Å²) in [6.45, 7) is 4.38. The first-order valence-electron chi connectivity index (χ1n) is 8.92. The first-order chi connectivity index (χ1) is 12.4. The average molecular weight is 375 g/mol. The van der Waals surface area contributed by atoms with Crippen LogP contribution in [-0.2, 0) is 11.3 Å². The third kappa shape index (κ3) is 4.37. The molecule has 0 spiro atoms. The maximum atomic E-state index is 12.6. The Labute approximate surface area is 158 Å². The highest BCUT2D eigenvalue weighted by atomic mass is 32.1. The summed E-state index contributed by atoms with van der Waals surface area (Å²) in [5, 5.41) is 10.4. The zero-order valence-electron chi connectivity index (χ0n) is 15.6. The van der Waals surface area contributed by atoms with Crippen LogP contribution in [0.2, 0.25) is 0 Å². The maximum absolute atomic E-state index is 12.6. The number of amides is 1. The van der Waals surface area contributed by atoms with Crippen LogP contribution in [-0.4, -0.2) is 54.6 Å². The summed E-state index contributed by atoms with van der Waals surface area (Å²) in [5.74, 6) is 0.788. The number of thiophene rings is 1. The number of hydrogen-bond donors (Lipinski definition) is 1. The molecule has 1 aromatic heterocycles. The number of rotatable bonds is 5. The van der Waals surface area contributed by atoms with E-state index in [0.29, 0.717) is 31.9 Å². The molecule has 1 N–H and O–H groups in total. The van der Waals surface area contributed by atoms with Crippen molar-refractivity contribution in [2.45, 2.75) is 26.3 Å². The molecule has 0 atom stereocenters. The van der Waals surface area contributed by atoms with Gasteiger partial charge in [-0.2, -0.15) is 0 Å². The molecular weight excluding hydrogens is 348 g/mol. The molecule has 6 heteroatoms. The van der Waals surface area contributed by atoms with Crippen molar-refractivity contribution in [3.63, 3.8) is 0 Å². The van der Waals surface area contributed by atoms with Gasteiger partial charge in [0, 0.05) is 28.3 Å². The fourth-order valence-corrected chi connectivity index (χ4v) is 4.00. The third-order valence-corrected chi connectivity index (χ3v) is 5.54. The van der Waals surface area contributed by atoms with E-state index in [1.54, 1.807) is 17.4 Å². The molecule has 1 aliphatic heterocycles. The monoisotopic (exact) mass is 374 g/mol. The summed E-state index contributed by atoms with van der Waals surface area (Å²) in [6.07, 6.45) is 1.37. The van der Waals surface area contributed by atoms with Gasteiger partial charge in [-0.05, 0) is 63.8 Å². The van der Waals surface area contributed by atoms with Crippen molar-refractivity contribution in [2.24, 2.45) is 0 Å². The Hall–Kier alpha value is -2.05. The molecule has 0 radical (unpaired) electrons. The molecule has 5 nitrogen and oxygen atoms in total. The number of phenolic OH excluding ortho intramolecular Hbond substituents is 1. The molecule has 0 fully saturated rings. The quantitative estimate of drug-likeness (QED) is 0.870. The van der Waals surface area contributed by atoms with Crippen LogP contribution in [0.5, 0.6) is 11.5 Å². The summed E-state index contributed by atoms with van der Waals surface area (Å²) < 4.78 is 5.75. The Balaban J connectivity index is 1.80. The van der Waals surface area contributed by atoms with E-state index in [9.17, 15) is 9.90 Å². The van der Waals surface area contributed by atoms with Gasteiger partial charge in [0.25, 0.3) is 0 Å². The smallest absolute Gasteiger partial charge is 0.223 e. The Morgan fingerprint density at radius 3 is 2.85 bits per heavy atom. The van der Waals surface area contributed by atoms with E-state index in [1.165, 1.54) is 4.88 Å². The third-order valence-electron chi connectivity index (χ3n) is 4.49. The van der Waals surface area contributed by atoms with E-state index in [2.05, 4.69) is 24.0 Å². The van der Waals surface area contributed by atoms with E-state index in [0.717, 1.165) is 29.0 Å². The van der Waals surface area contributed by atoms with E-state index in [-0.39, 0.29) is 11.7 Å². The van der Waals surface area contributed by atoms with Gasteiger partial charge < -0.3 is 19.6 Å². The van der Waals surface area contributed by atoms with Crippen LogP contribution in [0.1, 0.15) is 23.3 Å². The standard InChI is InChI=1S/C20H26N2O3S/c1-14-6-7-18(26-14)15-11-16-13-22(19(24)5-4-8-21(2)3)9-10-25-20(16)17(23)12-15/h6-7,11-12,23H,4-5,8-10,13H2,1-3H3. The highest BCUT2D eigenvalue weighted by Crippen LogP contribution is 2.39. The average Bonchev–Trinajstić information content (AvgIpc) is 2.89. The van der Waals surface area contributed by atoms with Crippen LogP contribution >= 0.6 is 11.3 Å². The molecule has 3 rings (SSSR count). The van der Waals surface area contributed by atoms with Gasteiger partial charge in [0.1, 0.15) is 6.61 Å². The van der Waals surface area contributed by atoms with Gasteiger partial charge in [0.05, 0.1) is 6.54 Å². The van der Waals surface area contributed by atoms with Crippen LogP contribution in [0, 0.1) is 6.92 Å². The van der Waals surface area contributed by atoms with Crippen LogP contribution in [0.15, 0.2) is 24.3 Å². The number of carbonyl (C=O) groups excluding carboxylic acids is 1. The van der Waals surface area contributed by atoms with Gasteiger partial charge in [-0.15, -0.1) is 11.3 Å². The minimum absolute atomic E-state index is 0.139. The Kier molecular flexibility index (Phi) is 5.84. The van der Waals surface area contributed by atoms with Crippen molar-refractivity contribution < 1.29 is 14.6 Å². The number of aryl methyl sites for hydroxylation is 1. The van der Waals surface area contributed by atoms with Gasteiger partial charge in [-0.1, -0.05) is 0 Å². The molecule has 0 bridgehead atoms. The van der Waals surface area contributed by atoms with Crippen molar-refractivity contribution in [3.05, 3.63) is 34.7 Å². The maximum Gasteiger partial charge on any atom is 0.223 e. The number of carbonyl (C=O) groups is 1. The molecule has 0 saturated carbocycles. The Morgan fingerprint density at radius 1 is 1.35 bits per heavy atom. The van der Waals surface area contributed by atoms with Crippen LogP contribution in [0.25, 0.3) is 10.4 Å². The van der Waals surface area contributed by atoms with Crippen molar-refractivity contribution in [1.29, 1.82) is 0 Å². The van der Waals surface area contributed by atoms with Crippen molar-refractivity contribution in [2.75, 3.05) is 33.8 Å². The lowest BCUT2D eigenvalue weighted by Gasteiger charge is -2.20. The van der Waals surface area contributed by atoms with Crippen molar-refractivity contribution >= 4 is 17.2 Å². The Bertz CT molecular complexity index is 785. The number of ether oxygens (including phenoxy) is 1. The van der Waals surface area contributed by atoms with Crippen molar-refractivity contribution in [3.8, 4) is 21.9 Å². The number of phenols is 1. The topological polar surface area (TPSA) is 53.0 Å². The number of nitrogens with zero attached hydrogens (tertiary/aromatic N) is 2. The molecule has 2 heterocycles. The predicted molar refractivity (Wildman–Crippen MR) is 105 cm³/mol. The van der Waals surface area contributed by atoms with Gasteiger partial charge >= 0.3 is 0 Å². The SMILES string of the molecule is Cc1ccc(-c2cc(O)c3c(c2)CN(C(=O)CCCN(C)C)CCO3)s1. The molecule has 1 amide bonds. The summed E-state index contributed by atoms with van der Waals surface area (Å²) in [5.41, 5.74) is 1.83. The fourth-order valence-electron chi connectivity index (χ4n) is 3.15. The lowest BCUT2D eigenvalue weighted by molar-refractivity contribution is -0.132. The number of benzene rings is 1. The largest absolute Gasteiger partial charge is 0.504 e. The molecule has 0 saturated heterocycles. The second-order valence-corrected chi connectivity index (χ2v) is 8.25.